The van der Waals surface area contributed by atoms with Gasteiger partial charge in [0.25, 0.3) is 0 Å². The Morgan fingerprint density at radius 2 is 1.81 bits per heavy atom. The lowest BCUT2D eigenvalue weighted by Gasteiger charge is -2.33. The topological polar surface area (TPSA) is 86.8 Å². The van der Waals surface area contributed by atoms with Gasteiger partial charge in [-0.1, -0.05) is 36.4 Å². The molecule has 1 atom stereocenters. The molecule has 1 aliphatic rings. The van der Waals surface area contributed by atoms with Crippen molar-refractivity contribution in [2.75, 3.05) is 33.4 Å². The van der Waals surface area contributed by atoms with Crippen molar-refractivity contribution < 1.29 is 19.4 Å². The number of hydrogen-bond acceptors (Lipinski definition) is 5. The van der Waals surface area contributed by atoms with Crippen molar-refractivity contribution in [3.8, 4) is 11.5 Å². The summed E-state index contributed by atoms with van der Waals surface area (Å²) in [6.07, 6.45) is 1.52. The van der Waals surface area contributed by atoms with Crippen molar-refractivity contribution in [2.45, 2.75) is 31.4 Å². The standard InChI is InChI=1S/C29H33N3O4/c1-35-23-11-9-20(10-12-23)17-28(34)32-15-13-21(14-16-32)30-18-22(33)19-36-27-8-4-7-26-29(27)24-5-2-3-6-25(24)31-26/h2-12,21-22,30-31,33H,13-19H2,1H3. The van der Waals surface area contributed by atoms with Crippen molar-refractivity contribution in [1.82, 2.24) is 15.2 Å². The smallest absolute Gasteiger partial charge is 0.226 e. The van der Waals surface area contributed by atoms with E-state index >= 15 is 0 Å². The number of H-pyrrole nitrogens is 1. The largest absolute Gasteiger partial charge is 0.497 e. The Kier molecular flexibility index (Phi) is 7.39. The summed E-state index contributed by atoms with van der Waals surface area (Å²) in [4.78, 5) is 18.0. The predicted molar refractivity (Wildman–Crippen MR) is 142 cm³/mol. The fourth-order valence-corrected chi connectivity index (χ4v) is 4.90. The minimum atomic E-state index is -0.625. The SMILES string of the molecule is COc1ccc(CC(=O)N2CCC(NCC(O)COc3cccc4[nH]c5ccccc5c34)CC2)cc1. The summed E-state index contributed by atoms with van der Waals surface area (Å²) in [5, 5.41) is 16.2. The van der Waals surface area contributed by atoms with Crippen molar-refractivity contribution in [3.63, 3.8) is 0 Å². The van der Waals surface area contributed by atoms with Crippen molar-refractivity contribution >= 4 is 27.7 Å². The molecule has 7 nitrogen and oxygen atoms in total. The highest BCUT2D eigenvalue weighted by molar-refractivity contribution is 6.10. The molecule has 1 saturated heterocycles. The number of nitrogens with one attached hydrogen (secondary N) is 2. The van der Waals surface area contributed by atoms with Gasteiger partial charge in [-0.15, -0.1) is 0 Å². The quantitative estimate of drug-likeness (QED) is 0.333. The monoisotopic (exact) mass is 487 g/mol. The van der Waals surface area contributed by atoms with Crippen LogP contribution in [0.3, 0.4) is 0 Å². The van der Waals surface area contributed by atoms with Crippen LogP contribution in [0.4, 0.5) is 0 Å². The number of rotatable bonds is 9. The number of aromatic nitrogens is 1. The van der Waals surface area contributed by atoms with Gasteiger partial charge in [0, 0.05) is 42.0 Å². The summed E-state index contributed by atoms with van der Waals surface area (Å²) in [7, 11) is 1.63. The maximum Gasteiger partial charge on any atom is 0.226 e. The number of aliphatic hydroxyl groups excluding tert-OH is 1. The molecule has 5 rings (SSSR count). The first-order chi connectivity index (χ1) is 17.6. The zero-order valence-electron chi connectivity index (χ0n) is 20.6. The molecule has 2 heterocycles. The molecule has 36 heavy (non-hydrogen) atoms. The van der Waals surface area contributed by atoms with Crippen LogP contribution in [0.15, 0.2) is 66.7 Å². The molecule has 3 aromatic carbocycles. The third kappa shape index (κ3) is 5.48. The first-order valence-electron chi connectivity index (χ1n) is 12.5. The molecule has 4 aromatic rings. The summed E-state index contributed by atoms with van der Waals surface area (Å²) in [6, 6.07) is 22.0. The number of benzene rings is 3. The normalized spacial score (nSPS) is 15.3. The Hall–Kier alpha value is -3.55. The van der Waals surface area contributed by atoms with Gasteiger partial charge < -0.3 is 29.8 Å². The number of aromatic amines is 1. The lowest BCUT2D eigenvalue weighted by molar-refractivity contribution is -0.131. The third-order valence-corrected chi connectivity index (χ3v) is 6.93. The number of hydrogen-bond donors (Lipinski definition) is 3. The molecule has 1 amide bonds. The predicted octanol–water partition coefficient (Wildman–Crippen LogP) is 3.89. The van der Waals surface area contributed by atoms with Crippen molar-refractivity contribution in [2.24, 2.45) is 0 Å². The van der Waals surface area contributed by atoms with Crippen LogP contribution < -0.4 is 14.8 Å². The highest BCUT2D eigenvalue weighted by Crippen LogP contribution is 2.33. The van der Waals surface area contributed by atoms with Crippen LogP contribution in [0.5, 0.6) is 11.5 Å². The van der Waals surface area contributed by atoms with E-state index in [0.29, 0.717) is 13.0 Å². The third-order valence-electron chi connectivity index (χ3n) is 6.93. The Morgan fingerprint density at radius 3 is 2.58 bits per heavy atom. The maximum atomic E-state index is 12.7. The van der Waals surface area contributed by atoms with Crippen LogP contribution in [0.1, 0.15) is 18.4 Å². The molecule has 1 aromatic heterocycles. The van der Waals surface area contributed by atoms with E-state index in [9.17, 15) is 9.90 Å². The molecule has 0 spiro atoms. The second-order valence-corrected chi connectivity index (χ2v) is 9.40. The molecule has 0 saturated carbocycles. The van der Waals surface area contributed by atoms with Crippen LogP contribution in [-0.2, 0) is 11.2 Å². The number of fused-ring (bicyclic) bond motifs is 3. The average molecular weight is 488 g/mol. The molecular weight excluding hydrogens is 454 g/mol. The second kappa shape index (κ2) is 11.0. The van der Waals surface area contributed by atoms with Crippen molar-refractivity contribution in [3.05, 3.63) is 72.3 Å². The minimum absolute atomic E-state index is 0.151. The number of para-hydroxylation sites is 1. The fraction of sp³-hybridized carbons (Fsp3) is 0.345. The highest BCUT2D eigenvalue weighted by Gasteiger charge is 2.23. The Balaban J connectivity index is 1.07. The molecule has 188 valence electrons. The zero-order chi connectivity index (χ0) is 24.9. The number of aliphatic hydroxyl groups is 1. The van der Waals surface area contributed by atoms with Crippen LogP contribution in [-0.4, -0.2) is 66.4 Å². The number of nitrogens with zero attached hydrogens (tertiary/aromatic N) is 1. The molecule has 1 unspecified atom stereocenters. The molecule has 0 bridgehead atoms. The molecule has 7 heteroatoms. The number of carbonyl (C=O) groups excluding carboxylic acids is 1. The van der Waals surface area contributed by atoms with Crippen LogP contribution >= 0.6 is 0 Å². The molecule has 1 fully saturated rings. The zero-order valence-corrected chi connectivity index (χ0v) is 20.6. The first-order valence-corrected chi connectivity index (χ1v) is 12.5. The Morgan fingerprint density at radius 1 is 1.06 bits per heavy atom. The van der Waals surface area contributed by atoms with Crippen LogP contribution in [0, 0.1) is 0 Å². The van der Waals surface area contributed by atoms with E-state index in [1.807, 2.05) is 59.5 Å². The van der Waals surface area contributed by atoms with Crippen LogP contribution in [0.25, 0.3) is 21.8 Å². The number of carbonyl (C=O) groups is 1. The van der Waals surface area contributed by atoms with Gasteiger partial charge in [0.2, 0.25) is 5.91 Å². The lowest BCUT2D eigenvalue weighted by Crippen LogP contribution is -2.47. The molecule has 1 aliphatic heterocycles. The summed E-state index contributed by atoms with van der Waals surface area (Å²) in [5.41, 5.74) is 3.08. The Bertz CT molecular complexity index is 1310. The average Bonchev–Trinajstić information content (AvgIpc) is 3.31. The maximum absolute atomic E-state index is 12.7. The highest BCUT2D eigenvalue weighted by atomic mass is 16.5. The number of ether oxygens (including phenoxy) is 2. The van der Waals surface area contributed by atoms with E-state index in [-0.39, 0.29) is 18.6 Å². The van der Waals surface area contributed by atoms with Gasteiger partial charge in [-0.3, -0.25) is 4.79 Å². The van der Waals surface area contributed by atoms with Crippen LogP contribution in [0.2, 0.25) is 0 Å². The van der Waals surface area contributed by atoms with Gasteiger partial charge >= 0.3 is 0 Å². The molecule has 0 radical (unpaired) electrons. The minimum Gasteiger partial charge on any atom is -0.497 e. The van der Waals surface area contributed by atoms with E-state index < -0.39 is 6.10 Å². The summed E-state index contributed by atoms with van der Waals surface area (Å²) in [6.45, 7) is 2.11. The first kappa shape index (κ1) is 24.2. The summed E-state index contributed by atoms with van der Waals surface area (Å²) in [5.74, 6) is 1.71. The van der Waals surface area contributed by atoms with Gasteiger partial charge in [0.1, 0.15) is 24.2 Å². The summed E-state index contributed by atoms with van der Waals surface area (Å²) < 4.78 is 11.2. The van der Waals surface area contributed by atoms with E-state index in [1.165, 1.54) is 0 Å². The molecule has 0 aliphatic carbocycles. The summed E-state index contributed by atoms with van der Waals surface area (Å²) >= 11 is 0. The number of amides is 1. The van der Waals surface area contributed by atoms with E-state index in [2.05, 4.69) is 22.4 Å². The number of likely N-dealkylation sites (tertiary alicyclic amines) is 1. The number of methoxy groups -OCH3 is 1. The fourth-order valence-electron chi connectivity index (χ4n) is 4.90. The number of piperidine rings is 1. The van der Waals surface area contributed by atoms with Gasteiger partial charge in [-0.05, 0) is 48.7 Å². The van der Waals surface area contributed by atoms with E-state index in [0.717, 1.165) is 64.8 Å². The van der Waals surface area contributed by atoms with E-state index in [4.69, 9.17) is 9.47 Å². The van der Waals surface area contributed by atoms with Gasteiger partial charge in [0.15, 0.2) is 0 Å². The van der Waals surface area contributed by atoms with Crippen molar-refractivity contribution in [1.29, 1.82) is 0 Å². The van der Waals surface area contributed by atoms with Gasteiger partial charge in [-0.25, -0.2) is 0 Å². The Labute approximate surface area is 211 Å². The van der Waals surface area contributed by atoms with E-state index in [1.54, 1.807) is 7.11 Å². The lowest BCUT2D eigenvalue weighted by atomic mass is 10.0. The molecular formula is C29H33N3O4. The second-order valence-electron chi connectivity index (χ2n) is 9.40. The van der Waals surface area contributed by atoms with Gasteiger partial charge in [-0.2, -0.15) is 0 Å². The van der Waals surface area contributed by atoms with Gasteiger partial charge in [0.05, 0.1) is 19.0 Å². The molecule has 3 N–H and O–H groups in total.